The van der Waals surface area contributed by atoms with Crippen LogP contribution >= 0.6 is 0 Å². The van der Waals surface area contributed by atoms with E-state index in [4.69, 9.17) is 4.74 Å². The maximum atomic E-state index is 13.0. The molecule has 0 aliphatic carbocycles. The van der Waals surface area contributed by atoms with E-state index in [0.717, 1.165) is 12.1 Å². The monoisotopic (exact) mass is 492 g/mol. The summed E-state index contributed by atoms with van der Waals surface area (Å²) in [6.07, 6.45) is -2.99. The van der Waals surface area contributed by atoms with E-state index in [2.05, 4.69) is 4.74 Å². The number of benzene rings is 1. The Morgan fingerprint density at radius 2 is 1.79 bits per heavy atom. The lowest BCUT2D eigenvalue weighted by atomic mass is 9.93. The summed E-state index contributed by atoms with van der Waals surface area (Å²) in [5, 5.41) is 0. The topological polar surface area (TPSA) is 93.2 Å². The molecule has 2 fully saturated rings. The number of likely N-dealkylation sites (tertiary alicyclic amines) is 1. The maximum Gasteiger partial charge on any atom is 0.573 e. The molecule has 0 bridgehead atoms. The highest BCUT2D eigenvalue weighted by Crippen LogP contribution is 2.30. The van der Waals surface area contributed by atoms with E-state index in [1.165, 1.54) is 16.4 Å². The van der Waals surface area contributed by atoms with Crippen LogP contribution in [-0.2, 0) is 24.3 Å². The van der Waals surface area contributed by atoms with Gasteiger partial charge in [-0.25, -0.2) is 8.42 Å². The van der Waals surface area contributed by atoms with Crippen molar-refractivity contribution < 1.29 is 40.7 Å². The number of sulfonamides is 1. The van der Waals surface area contributed by atoms with E-state index in [9.17, 15) is 31.2 Å². The van der Waals surface area contributed by atoms with Gasteiger partial charge in [-0.3, -0.25) is 9.59 Å². The first-order chi connectivity index (χ1) is 15.5. The van der Waals surface area contributed by atoms with E-state index in [0.29, 0.717) is 25.9 Å². The van der Waals surface area contributed by atoms with Crippen LogP contribution in [0.4, 0.5) is 13.2 Å². The van der Waals surface area contributed by atoms with Crippen LogP contribution in [0.25, 0.3) is 0 Å². The van der Waals surface area contributed by atoms with Crippen LogP contribution in [0.2, 0.25) is 0 Å². The molecule has 0 aromatic heterocycles. The molecular weight excluding hydrogens is 465 g/mol. The Morgan fingerprint density at radius 1 is 1.09 bits per heavy atom. The Bertz CT molecular complexity index is 961. The predicted octanol–water partition coefficient (Wildman–Crippen LogP) is 2.79. The van der Waals surface area contributed by atoms with E-state index < -0.39 is 22.1 Å². The first kappa shape index (κ1) is 25.3. The molecule has 1 aromatic carbocycles. The van der Waals surface area contributed by atoms with Gasteiger partial charge in [0.25, 0.3) is 0 Å². The summed E-state index contributed by atoms with van der Waals surface area (Å²) in [6, 6.07) is 4.25. The summed E-state index contributed by atoms with van der Waals surface area (Å²) in [4.78, 5) is 26.3. The number of piperidine rings is 2. The second-order valence-electron chi connectivity index (χ2n) is 8.08. The first-order valence-corrected chi connectivity index (χ1v) is 12.3. The van der Waals surface area contributed by atoms with Crippen LogP contribution in [0, 0.1) is 11.8 Å². The molecule has 0 unspecified atom stereocenters. The van der Waals surface area contributed by atoms with Crippen molar-refractivity contribution in [2.75, 3.05) is 32.8 Å². The first-order valence-electron chi connectivity index (χ1n) is 10.8. The number of carbonyl (C=O) groups is 2. The van der Waals surface area contributed by atoms with Crippen molar-refractivity contribution in [3.63, 3.8) is 0 Å². The van der Waals surface area contributed by atoms with Crippen LogP contribution in [-0.4, -0.2) is 68.6 Å². The van der Waals surface area contributed by atoms with Crippen molar-refractivity contribution in [2.24, 2.45) is 11.8 Å². The SMILES string of the molecule is CCOC(=O)[C@H]1CCCN(C(=O)C2CCN(S(=O)(=O)c3cccc(OC(F)(F)F)c3)CC2)C1. The molecule has 2 aliphatic rings. The Balaban J connectivity index is 1.60. The van der Waals surface area contributed by atoms with Gasteiger partial charge in [-0.1, -0.05) is 6.07 Å². The van der Waals surface area contributed by atoms with Gasteiger partial charge in [0.15, 0.2) is 0 Å². The van der Waals surface area contributed by atoms with E-state index >= 15 is 0 Å². The lowest BCUT2D eigenvalue weighted by Gasteiger charge is -2.36. The van der Waals surface area contributed by atoms with E-state index in [1.54, 1.807) is 11.8 Å². The molecule has 12 heteroatoms. The number of amides is 1. The van der Waals surface area contributed by atoms with Crippen LogP contribution in [0.3, 0.4) is 0 Å². The van der Waals surface area contributed by atoms with Gasteiger partial charge in [0.2, 0.25) is 15.9 Å². The zero-order valence-corrected chi connectivity index (χ0v) is 19.0. The summed E-state index contributed by atoms with van der Waals surface area (Å²) >= 11 is 0. The number of alkyl halides is 3. The van der Waals surface area contributed by atoms with E-state index in [1.807, 2.05) is 0 Å². The van der Waals surface area contributed by atoms with E-state index in [-0.39, 0.29) is 61.1 Å². The highest BCUT2D eigenvalue weighted by molar-refractivity contribution is 7.89. The number of carbonyl (C=O) groups excluding carboxylic acids is 2. The smallest absolute Gasteiger partial charge is 0.466 e. The minimum atomic E-state index is -4.93. The lowest BCUT2D eigenvalue weighted by Crippen LogP contribution is -2.48. The molecule has 33 heavy (non-hydrogen) atoms. The molecule has 2 heterocycles. The predicted molar refractivity (Wildman–Crippen MR) is 111 cm³/mol. The van der Waals surface area contributed by atoms with Gasteiger partial charge in [0.05, 0.1) is 17.4 Å². The van der Waals surface area contributed by atoms with Crippen molar-refractivity contribution >= 4 is 21.9 Å². The summed E-state index contributed by atoms with van der Waals surface area (Å²) in [5.74, 6) is -1.77. The second-order valence-corrected chi connectivity index (χ2v) is 10.0. The number of halogens is 3. The van der Waals surface area contributed by atoms with Gasteiger partial charge in [-0.05, 0) is 44.7 Å². The largest absolute Gasteiger partial charge is 0.573 e. The maximum absolute atomic E-state index is 13.0. The van der Waals surface area contributed by atoms with Gasteiger partial charge < -0.3 is 14.4 Å². The highest BCUT2D eigenvalue weighted by Gasteiger charge is 2.37. The summed E-state index contributed by atoms with van der Waals surface area (Å²) < 4.78 is 73.2. The average molecular weight is 493 g/mol. The third kappa shape index (κ3) is 6.38. The third-order valence-electron chi connectivity index (χ3n) is 5.83. The fourth-order valence-corrected chi connectivity index (χ4v) is 5.72. The molecule has 0 N–H and O–H groups in total. The zero-order chi connectivity index (χ0) is 24.2. The van der Waals surface area contributed by atoms with Crippen molar-refractivity contribution in [3.05, 3.63) is 24.3 Å². The quantitative estimate of drug-likeness (QED) is 0.567. The van der Waals surface area contributed by atoms with Crippen LogP contribution in [0.15, 0.2) is 29.2 Å². The number of hydrogen-bond donors (Lipinski definition) is 0. The number of hydrogen-bond acceptors (Lipinski definition) is 6. The van der Waals surface area contributed by atoms with Crippen LogP contribution in [0.1, 0.15) is 32.6 Å². The molecule has 184 valence electrons. The van der Waals surface area contributed by atoms with Gasteiger partial charge in [0.1, 0.15) is 5.75 Å². The number of esters is 1. The molecule has 8 nitrogen and oxygen atoms in total. The molecule has 3 rings (SSSR count). The Morgan fingerprint density at radius 3 is 2.42 bits per heavy atom. The Hall–Kier alpha value is -2.34. The van der Waals surface area contributed by atoms with Crippen molar-refractivity contribution in [3.8, 4) is 5.75 Å². The molecule has 0 saturated carbocycles. The van der Waals surface area contributed by atoms with Crippen LogP contribution in [0.5, 0.6) is 5.75 Å². The third-order valence-corrected chi connectivity index (χ3v) is 7.73. The molecule has 2 aliphatic heterocycles. The minimum absolute atomic E-state index is 0.0677. The van der Waals surface area contributed by atoms with Crippen molar-refractivity contribution in [2.45, 2.75) is 43.9 Å². The molecule has 1 amide bonds. The van der Waals surface area contributed by atoms with Gasteiger partial charge in [-0.15, -0.1) is 13.2 Å². The van der Waals surface area contributed by atoms with Gasteiger partial charge in [0, 0.05) is 38.2 Å². The molecule has 2 saturated heterocycles. The fraction of sp³-hybridized carbons (Fsp3) is 0.619. The van der Waals surface area contributed by atoms with Crippen molar-refractivity contribution in [1.82, 2.24) is 9.21 Å². The number of rotatable bonds is 6. The molecule has 1 aromatic rings. The Kier molecular flexibility index (Phi) is 7.88. The second kappa shape index (κ2) is 10.3. The molecule has 1 atom stereocenters. The standard InChI is InChI=1S/C21H27F3N2O6S/c1-2-31-20(28)16-5-4-10-25(14-16)19(27)15-8-11-26(12-9-15)33(29,30)18-7-3-6-17(13-18)32-21(22,23)24/h3,6-7,13,15-16H,2,4-5,8-12,14H2,1H3/t16-/m0/s1. The average Bonchev–Trinajstić information content (AvgIpc) is 2.78. The summed E-state index contributed by atoms with van der Waals surface area (Å²) in [7, 11) is -4.04. The minimum Gasteiger partial charge on any atom is -0.466 e. The fourth-order valence-electron chi connectivity index (χ4n) is 4.21. The van der Waals surface area contributed by atoms with Crippen LogP contribution < -0.4 is 4.74 Å². The normalized spacial score (nSPS) is 21.0. The van der Waals surface area contributed by atoms with Crippen molar-refractivity contribution in [1.29, 1.82) is 0 Å². The number of ether oxygens (including phenoxy) is 2. The lowest BCUT2D eigenvalue weighted by molar-refractivity contribution is -0.274. The zero-order valence-electron chi connectivity index (χ0n) is 18.2. The molecular formula is C21H27F3N2O6S. The Labute approximate surface area is 190 Å². The molecule has 0 spiro atoms. The highest BCUT2D eigenvalue weighted by atomic mass is 32.2. The summed E-state index contributed by atoms with van der Waals surface area (Å²) in [6.45, 7) is 2.98. The molecule has 0 radical (unpaired) electrons. The summed E-state index contributed by atoms with van der Waals surface area (Å²) in [5.41, 5.74) is 0. The number of nitrogens with zero attached hydrogens (tertiary/aromatic N) is 2. The van der Waals surface area contributed by atoms with Gasteiger partial charge in [-0.2, -0.15) is 4.31 Å². The van der Waals surface area contributed by atoms with Gasteiger partial charge >= 0.3 is 12.3 Å².